The number of anilines is 1. The van der Waals surface area contributed by atoms with Crippen molar-refractivity contribution in [2.45, 2.75) is 18.9 Å². The van der Waals surface area contributed by atoms with E-state index in [0.717, 1.165) is 36.8 Å². The van der Waals surface area contributed by atoms with Gasteiger partial charge >= 0.3 is 5.97 Å². The van der Waals surface area contributed by atoms with Crippen molar-refractivity contribution in [3.05, 3.63) is 36.5 Å². The monoisotopic (exact) mass is 286 g/mol. The van der Waals surface area contributed by atoms with E-state index in [2.05, 4.69) is 16.0 Å². The van der Waals surface area contributed by atoms with E-state index in [4.69, 9.17) is 9.84 Å². The van der Waals surface area contributed by atoms with Crippen LogP contribution in [0.4, 0.5) is 5.69 Å². The number of carboxylic acid groups (broad SMARTS) is 1. The van der Waals surface area contributed by atoms with Gasteiger partial charge in [-0.25, -0.2) is 4.79 Å². The molecule has 0 atom stereocenters. The van der Waals surface area contributed by atoms with Crippen molar-refractivity contribution in [3.8, 4) is 0 Å². The van der Waals surface area contributed by atoms with Gasteiger partial charge in [-0.15, -0.1) is 0 Å². The lowest BCUT2D eigenvalue weighted by atomic mass is 10.1. The number of fused-ring (bicyclic) bond motifs is 1. The second kappa shape index (κ2) is 6.10. The molecular formula is C16H18N2O3. The Morgan fingerprint density at radius 1 is 1.29 bits per heavy atom. The molecule has 1 fully saturated rings. The molecule has 0 radical (unpaired) electrons. The number of hydrogen-bond acceptors (Lipinski definition) is 4. The molecule has 3 rings (SSSR count). The largest absolute Gasteiger partial charge is 0.480 e. The number of aromatic nitrogens is 1. The Morgan fingerprint density at radius 3 is 2.81 bits per heavy atom. The second-order valence-corrected chi connectivity index (χ2v) is 5.24. The van der Waals surface area contributed by atoms with E-state index >= 15 is 0 Å². The molecule has 1 aliphatic rings. The number of aliphatic carboxylic acids is 1. The standard InChI is InChI=1S/C16H18N2O3/c19-16(20)11-21-12-6-9-18(10-7-12)15-5-8-17-14-4-2-1-3-13(14)15/h1-5,8,12H,6-7,9-11H2,(H,19,20). The molecule has 1 aromatic heterocycles. The normalized spacial score (nSPS) is 16.3. The number of nitrogens with zero attached hydrogens (tertiary/aromatic N) is 2. The van der Waals surface area contributed by atoms with Crippen molar-refractivity contribution in [3.63, 3.8) is 0 Å². The zero-order valence-electron chi connectivity index (χ0n) is 11.7. The van der Waals surface area contributed by atoms with Gasteiger partial charge in [-0.1, -0.05) is 18.2 Å². The van der Waals surface area contributed by atoms with Crippen LogP contribution in [0.3, 0.4) is 0 Å². The van der Waals surface area contributed by atoms with Gasteiger partial charge in [0.1, 0.15) is 6.61 Å². The maximum absolute atomic E-state index is 10.5. The molecule has 0 unspecified atom stereocenters. The molecule has 1 saturated heterocycles. The summed E-state index contributed by atoms with van der Waals surface area (Å²) in [5, 5.41) is 9.81. The maximum atomic E-state index is 10.5. The Morgan fingerprint density at radius 2 is 2.05 bits per heavy atom. The SMILES string of the molecule is O=C(O)COC1CCN(c2ccnc3ccccc23)CC1. The summed E-state index contributed by atoms with van der Waals surface area (Å²) in [6.45, 7) is 1.54. The van der Waals surface area contributed by atoms with Crippen LogP contribution in [-0.2, 0) is 9.53 Å². The average molecular weight is 286 g/mol. The summed E-state index contributed by atoms with van der Waals surface area (Å²) in [6.07, 6.45) is 3.59. The van der Waals surface area contributed by atoms with Crippen LogP contribution >= 0.6 is 0 Å². The highest BCUT2D eigenvalue weighted by Crippen LogP contribution is 2.28. The minimum absolute atomic E-state index is 0.0467. The minimum atomic E-state index is -0.905. The third-order valence-corrected chi connectivity index (χ3v) is 3.85. The predicted molar refractivity (Wildman–Crippen MR) is 80.6 cm³/mol. The van der Waals surface area contributed by atoms with E-state index in [9.17, 15) is 4.79 Å². The van der Waals surface area contributed by atoms with Crippen molar-refractivity contribution >= 4 is 22.6 Å². The lowest BCUT2D eigenvalue weighted by molar-refractivity contribution is -0.144. The number of ether oxygens (including phenoxy) is 1. The Bertz CT molecular complexity index is 631. The van der Waals surface area contributed by atoms with Gasteiger partial charge in [0, 0.05) is 30.4 Å². The summed E-state index contributed by atoms with van der Waals surface area (Å²) < 4.78 is 5.38. The zero-order chi connectivity index (χ0) is 14.7. The summed E-state index contributed by atoms with van der Waals surface area (Å²) in [5.41, 5.74) is 2.19. The molecule has 110 valence electrons. The number of hydrogen-bond donors (Lipinski definition) is 1. The third-order valence-electron chi connectivity index (χ3n) is 3.85. The molecule has 5 heteroatoms. The first kappa shape index (κ1) is 13.8. The van der Waals surface area contributed by atoms with Crippen LogP contribution < -0.4 is 4.90 Å². The summed E-state index contributed by atoms with van der Waals surface area (Å²) in [5.74, 6) is -0.905. The van der Waals surface area contributed by atoms with E-state index in [1.165, 1.54) is 5.69 Å². The highest BCUT2D eigenvalue weighted by Gasteiger charge is 2.21. The number of rotatable bonds is 4. The second-order valence-electron chi connectivity index (χ2n) is 5.24. The van der Waals surface area contributed by atoms with Crippen molar-refractivity contribution in [1.29, 1.82) is 0 Å². The maximum Gasteiger partial charge on any atom is 0.329 e. The summed E-state index contributed by atoms with van der Waals surface area (Å²) in [4.78, 5) is 17.2. The molecule has 0 aliphatic carbocycles. The molecule has 0 spiro atoms. The van der Waals surface area contributed by atoms with Crippen molar-refractivity contribution < 1.29 is 14.6 Å². The molecule has 2 aromatic rings. The summed E-state index contributed by atoms with van der Waals surface area (Å²) in [7, 11) is 0. The van der Waals surface area contributed by atoms with Crippen LogP contribution in [0, 0.1) is 0 Å². The van der Waals surface area contributed by atoms with Crippen molar-refractivity contribution in [2.75, 3.05) is 24.6 Å². The summed E-state index contributed by atoms with van der Waals surface area (Å²) >= 11 is 0. The highest BCUT2D eigenvalue weighted by atomic mass is 16.5. The van der Waals surface area contributed by atoms with E-state index in [1.807, 2.05) is 30.5 Å². The fourth-order valence-electron chi connectivity index (χ4n) is 2.81. The molecular weight excluding hydrogens is 268 g/mol. The molecule has 0 amide bonds. The summed E-state index contributed by atoms with van der Waals surface area (Å²) in [6, 6.07) is 10.2. The van der Waals surface area contributed by atoms with Gasteiger partial charge in [-0.2, -0.15) is 0 Å². The molecule has 1 aromatic carbocycles. The van der Waals surface area contributed by atoms with E-state index in [1.54, 1.807) is 0 Å². The van der Waals surface area contributed by atoms with Crippen LogP contribution in [0.5, 0.6) is 0 Å². The Hall–Kier alpha value is -2.14. The number of pyridine rings is 1. The van der Waals surface area contributed by atoms with Crippen LogP contribution in [-0.4, -0.2) is 41.9 Å². The topological polar surface area (TPSA) is 62.7 Å². The number of piperidine rings is 1. The lowest BCUT2D eigenvalue weighted by Crippen LogP contribution is -2.37. The fraction of sp³-hybridized carbons (Fsp3) is 0.375. The van der Waals surface area contributed by atoms with Crippen LogP contribution in [0.1, 0.15) is 12.8 Å². The van der Waals surface area contributed by atoms with Gasteiger partial charge in [0.05, 0.1) is 11.6 Å². The highest BCUT2D eigenvalue weighted by molar-refractivity contribution is 5.91. The minimum Gasteiger partial charge on any atom is -0.480 e. The average Bonchev–Trinajstić information content (AvgIpc) is 2.53. The molecule has 21 heavy (non-hydrogen) atoms. The Labute approximate surface area is 123 Å². The number of para-hydroxylation sites is 1. The molecule has 5 nitrogen and oxygen atoms in total. The molecule has 0 bridgehead atoms. The fourth-order valence-corrected chi connectivity index (χ4v) is 2.81. The molecule has 1 N–H and O–H groups in total. The zero-order valence-corrected chi connectivity index (χ0v) is 11.7. The quantitative estimate of drug-likeness (QED) is 0.934. The van der Waals surface area contributed by atoms with Crippen LogP contribution in [0.2, 0.25) is 0 Å². The smallest absolute Gasteiger partial charge is 0.329 e. The number of carbonyl (C=O) groups is 1. The van der Waals surface area contributed by atoms with Gasteiger partial charge in [0.15, 0.2) is 0 Å². The number of benzene rings is 1. The third kappa shape index (κ3) is 3.13. The van der Waals surface area contributed by atoms with Gasteiger partial charge in [0.2, 0.25) is 0 Å². The number of carboxylic acids is 1. The first-order valence-electron chi connectivity index (χ1n) is 7.16. The van der Waals surface area contributed by atoms with Gasteiger partial charge in [-0.3, -0.25) is 4.98 Å². The van der Waals surface area contributed by atoms with E-state index in [-0.39, 0.29) is 12.7 Å². The molecule has 2 heterocycles. The molecule has 0 saturated carbocycles. The first-order chi connectivity index (χ1) is 10.2. The lowest BCUT2D eigenvalue weighted by Gasteiger charge is -2.33. The Kier molecular flexibility index (Phi) is 4.01. The molecule has 1 aliphatic heterocycles. The van der Waals surface area contributed by atoms with Crippen LogP contribution in [0.25, 0.3) is 10.9 Å². The first-order valence-corrected chi connectivity index (χ1v) is 7.16. The van der Waals surface area contributed by atoms with Crippen LogP contribution in [0.15, 0.2) is 36.5 Å². The van der Waals surface area contributed by atoms with Gasteiger partial charge in [0.25, 0.3) is 0 Å². The van der Waals surface area contributed by atoms with E-state index in [0.29, 0.717) is 0 Å². The van der Waals surface area contributed by atoms with Crippen molar-refractivity contribution in [2.24, 2.45) is 0 Å². The predicted octanol–water partition coefficient (Wildman–Crippen LogP) is 2.30. The Balaban J connectivity index is 1.70. The van der Waals surface area contributed by atoms with E-state index < -0.39 is 5.97 Å². The van der Waals surface area contributed by atoms with Gasteiger partial charge < -0.3 is 14.7 Å². The van der Waals surface area contributed by atoms with Gasteiger partial charge in [-0.05, 0) is 25.0 Å². The van der Waals surface area contributed by atoms with Crippen molar-refractivity contribution in [1.82, 2.24) is 4.98 Å².